The number of nitrogens with zero attached hydrogens (tertiary/aromatic N) is 2. The second kappa shape index (κ2) is 8.49. The molecule has 0 bridgehead atoms. The van der Waals surface area contributed by atoms with E-state index in [1.54, 1.807) is 76.5 Å². The van der Waals surface area contributed by atoms with Crippen molar-refractivity contribution in [1.82, 2.24) is 4.98 Å². The van der Waals surface area contributed by atoms with Crippen molar-refractivity contribution in [3.63, 3.8) is 0 Å². The van der Waals surface area contributed by atoms with E-state index in [9.17, 15) is 19.5 Å². The van der Waals surface area contributed by atoms with E-state index in [0.717, 1.165) is 0 Å². The topological polar surface area (TPSA) is 96.8 Å². The number of benzene rings is 1. The van der Waals surface area contributed by atoms with Gasteiger partial charge in [-0.2, -0.15) is 0 Å². The average molecular weight is 408 g/mol. The molecule has 3 rings (SSSR count). The first-order valence-electron chi connectivity index (χ1n) is 9.74. The Balaban J connectivity index is 2.04. The Bertz CT molecular complexity index is 994. The summed E-state index contributed by atoms with van der Waals surface area (Å²) in [5.41, 5.74) is 1.43. The van der Waals surface area contributed by atoms with Crippen molar-refractivity contribution in [2.75, 3.05) is 4.90 Å². The Hall–Kier alpha value is -3.48. The highest BCUT2D eigenvalue weighted by molar-refractivity contribution is 6.16. The van der Waals surface area contributed by atoms with Gasteiger partial charge in [-0.15, -0.1) is 0 Å². The quantitative estimate of drug-likeness (QED) is 0.731. The zero-order chi connectivity index (χ0) is 22.0. The Morgan fingerprint density at radius 1 is 1.10 bits per heavy atom. The molecular weight excluding hydrogens is 384 g/mol. The maximum Gasteiger partial charge on any atom is 0.338 e. The minimum absolute atomic E-state index is 0.0475. The van der Waals surface area contributed by atoms with Crippen molar-refractivity contribution >= 4 is 23.3 Å². The summed E-state index contributed by atoms with van der Waals surface area (Å²) < 4.78 is 5.18. The molecule has 0 aliphatic carbocycles. The van der Waals surface area contributed by atoms with E-state index in [0.29, 0.717) is 16.8 Å². The summed E-state index contributed by atoms with van der Waals surface area (Å²) in [5.74, 6) is -2.42. The predicted molar refractivity (Wildman–Crippen MR) is 111 cm³/mol. The molecular formula is C23H24N2O5. The number of carbonyl (C=O) groups is 3. The van der Waals surface area contributed by atoms with Gasteiger partial charge in [-0.1, -0.05) is 19.9 Å². The average Bonchev–Trinajstić information content (AvgIpc) is 2.98. The fourth-order valence-electron chi connectivity index (χ4n) is 3.33. The van der Waals surface area contributed by atoms with E-state index in [1.807, 2.05) is 0 Å². The highest BCUT2D eigenvalue weighted by Gasteiger charge is 2.44. The van der Waals surface area contributed by atoms with Crippen LogP contribution in [-0.4, -0.2) is 33.9 Å². The molecule has 0 radical (unpaired) electrons. The van der Waals surface area contributed by atoms with Crippen molar-refractivity contribution in [2.45, 2.75) is 39.8 Å². The zero-order valence-electron chi connectivity index (χ0n) is 17.3. The molecule has 1 atom stereocenters. The highest BCUT2D eigenvalue weighted by Crippen LogP contribution is 2.41. The third-order valence-corrected chi connectivity index (χ3v) is 4.72. The Labute approximate surface area is 175 Å². The van der Waals surface area contributed by atoms with Crippen LogP contribution in [0.5, 0.6) is 0 Å². The van der Waals surface area contributed by atoms with Gasteiger partial charge in [0.05, 0.1) is 23.3 Å². The maximum atomic E-state index is 12.9. The molecule has 0 fully saturated rings. The predicted octanol–water partition coefficient (Wildman–Crippen LogP) is 3.77. The van der Waals surface area contributed by atoms with Gasteiger partial charge in [0.25, 0.3) is 5.91 Å². The van der Waals surface area contributed by atoms with E-state index < -0.39 is 29.6 Å². The molecule has 2 heterocycles. The fourth-order valence-corrected chi connectivity index (χ4v) is 3.33. The molecule has 1 aliphatic rings. The molecule has 156 valence electrons. The molecule has 2 aromatic rings. The van der Waals surface area contributed by atoms with E-state index in [4.69, 9.17) is 4.74 Å². The van der Waals surface area contributed by atoms with Crippen LogP contribution < -0.4 is 4.90 Å². The Kier molecular flexibility index (Phi) is 6.01. The Morgan fingerprint density at radius 2 is 1.77 bits per heavy atom. The first kappa shape index (κ1) is 21.2. The van der Waals surface area contributed by atoms with Gasteiger partial charge in [-0.25, -0.2) is 4.79 Å². The summed E-state index contributed by atoms with van der Waals surface area (Å²) >= 11 is 0. The minimum Gasteiger partial charge on any atom is -0.503 e. The molecule has 1 aromatic carbocycles. The van der Waals surface area contributed by atoms with Gasteiger partial charge in [0.15, 0.2) is 11.5 Å². The van der Waals surface area contributed by atoms with Crippen LogP contribution in [0.25, 0.3) is 0 Å². The first-order chi connectivity index (χ1) is 14.2. The number of pyridine rings is 1. The van der Waals surface area contributed by atoms with Gasteiger partial charge in [0.2, 0.25) is 0 Å². The molecule has 0 saturated carbocycles. The van der Waals surface area contributed by atoms with Crippen LogP contribution in [0.1, 0.15) is 49.7 Å². The third-order valence-electron chi connectivity index (χ3n) is 4.72. The molecule has 0 saturated heterocycles. The molecule has 1 aliphatic heterocycles. The van der Waals surface area contributed by atoms with Crippen molar-refractivity contribution in [1.29, 1.82) is 0 Å². The van der Waals surface area contributed by atoms with Crippen LogP contribution in [0.4, 0.5) is 5.69 Å². The molecule has 1 amide bonds. The summed E-state index contributed by atoms with van der Waals surface area (Å²) in [6, 6.07) is 8.92. The lowest BCUT2D eigenvalue weighted by Crippen LogP contribution is -2.31. The molecule has 1 aromatic heterocycles. The molecule has 30 heavy (non-hydrogen) atoms. The number of ketones is 1. The van der Waals surface area contributed by atoms with Gasteiger partial charge in [0.1, 0.15) is 0 Å². The number of amides is 1. The van der Waals surface area contributed by atoms with Crippen molar-refractivity contribution in [3.8, 4) is 0 Å². The van der Waals surface area contributed by atoms with Crippen LogP contribution >= 0.6 is 0 Å². The minimum atomic E-state index is -0.811. The molecule has 1 unspecified atom stereocenters. The summed E-state index contributed by atoms with van der Waals surface area (Å²) in [6.07, 6.45) is 2.90. The largest absolute Gasteiger partial charge is 0.503 e. The molecule has 1 N–H and O–H groups in total. The standard InChI is InChI=1S/C23H24N2O5/c1-13(2)20(26)18-19(16-6-5-11-24-12-16)25(22(28)21(18)27)17-9-7-15(8-10-17)23(29)30-14(3)4/h5-14,19,27H,1-4H3. The number of hydrogen-bond acceptors (Lipinski definition) is 6. The number of carbonyl (C=O) groups excluding carboxylic acids is 3. The van der Waals surface area contributed by atoms with Gasteiger partial charge in [0, 0.05) is 24.0 Å². The van der Waals surface area contributed by atoms with Crippen LogP contribution in [0, 0.1) is 5.92 Å². The lowest BCUT2D eigenvalue weighted by Gasteiger charge is -2.27. The number of rotatable bonds is 6. The van der Waals surface area contributed by atoms with Gasteiger partial charge >= 0.3 is 5.97 Å². The van der Waals surface area contributed by atoms with E-state index >= 15 is 0 Å². The monoisotopic (exact) mass is 408 g/mol. The highest BCUT2D eigenvalue weighted by atomic mass is 16.5. The SMILES string of the molecule is CC(C)OC(=O)c1ccc(N2C(=O)C(O)=C(C(=O)C(C)C)C2c2cccnc2)cc1. The number of aliphatic hydroxyl groups is 1. The lowest BCUT2D eigenvalue weighted by molar-refractivity contribution is -0.119. The van der Waals surface area contributed by atoms with E-state index in [2.05, 4.69) is 4.98 Å². The molecule has 7 nitrogen and oxygen atoms in total. The van der Waals surface area contributed by atoms with E-state index in [-0.39, 0.29) is 17.5 Å². The second-order valence-electron chi connectivity index (χ2n) is 7.65. The number of ether oxygens (including phenoxy) is 1. The number of aromatic nitrogens is 1. The third kappa shape index (κ3) is 3.96. The number of hydrogen-bond donors (Lipinski definition) is 1. The van der Waals surface area contributed by atoms with Crippen molar-refractivity contribution in [3.05, 3.63) is 71.3 Å². The number of esters is 1. The van der Waals surface area contributed by atoms with Crippen LogP contribution in [0.3, 0.4) is 0 Å². The Morgan fingerprint density at radius 3 is 2.30 bits per heavy atom. The smallest absolute Gasteiger partial charge is 0.338 e. The van der Waals surface area contributed by atoms with Crippen molar-refractivity contribution in [2.24, 2.45) is 5.92 Å². The van der Waals surface area contributed by atoms with Gasteiger partial charge in [-0.3, -0.25) is 19.5 Å². The second-order valence-corrected chi connectivity index (χ2v) is 7.65. The fraction of sp³-hybridized carbons (Fsp3) is 0.304. The molecule has 0 spiro atoms. The number of aliphatic hydroxyl groups excluding tert-OH is 1. The van der Waals surface area contributed by atoms with E-state index in [1.165, 1.54) is 4.90 Å². The van der Waals surface area contributed by atoms with Crippen LogP contribution in [0.15, 0.2) is 60.1 Å². The normalized spacial score (nSPS) is 16.5. The summed E-state index contributed by atoms with van der Waals surface area (Å²) in [7, 11) is 0. The van der Waals surface area contributed by atoms with Crippen LogP contribution in [0.2, 0.25) is 0 Å². The van der Waals surface area contributed by atoms with Gasteiger partial charge in [-0.05, 0) is 49.7 Å². The number of anilines is 1. The van der Waals surface area contributed by atoms with Gasteiger partial charge < -0.3 is 9.84 Å². The maximum absolute atomic E-state index is 12.9. The summed E-state index contributed by atoms with van der Waals surface area (Å²) in [5, 5.41) is 10.6. The summed E-state index contributed by atoms with van der Waals surface area (Å²) in [6.45, 7) is 6.95. The first-order valence-corrected chi connectivity index (χ1v) is 9.74. The number of Topliss-reactive ketones (excluding diaryl/α,β-unsaturated/α-hetero) is 1. The van der Waals surface area contributed by atoms with Crippen LogP contribution in [-0.2, 0) is 14.3 Å². The lowest BCUT2D eigenvalue weighted by atomic mass is 9.92. The van der Waals surface area contributed by atoms with Crippen molar-refractivity contribution < 1.29 is 24.2 Å². The summed E-state index contributed by atoms with van der Waals surface area (Å²) in [4.78, 5) is 43.3. The molecule has 7 heteroatoms. The zero-order valence-corrected chi connectivity index (χ0v) is 17.3.